The van der Waals surface area contributed by atoms with E-state index in [1.165, 1.54) is 0 Å². The lowest BCUT2D eigenvalue weighted by Crippen LogP contribution is -2.51. The molecule has 170 valence electrons. The molecule has 1 aromatic rings. The highest BCUT2D eigenvalue weighted by Crippen LogP contribution is 2.27. The Morgan fingerprint density at radius 2 is 1.83 bits per heavy atom. The Bertz CT molecular complexity index is 809. The summed E-state index contributed by atoms with van der Waals surface area (Å²) in [7, 11) is -3.36. The summed E-state index contributed by atoms with van der Waals surface area (Å²) in [5, 5.41) is 2.82. The topological polar surface area (TPSA) is 87.7 Å². The van der Waals surface area contributed by atoms with E-state index in [9.17, 15) is 17.6 Å². The SMILES string of the molecule is CC1CN(c2ccc(NC(=O)CCCCNS(=O)(=O)C(C)(C)C)cc2)C(F)C(C)O1. The van der Waals surface area contributed by atoms with Crippen molar-refractivity contribution in [1.29, 1.82) is 0 Å². The lowest BCUT2D eigenvalue weighted by molar-refractivity contribution is -0.116. The van der Waals surface area contributed by atoms with Gasteiger partial charge in [-0.1, -0.05) is 0 Å². The van der Waals surface area contributed by atoms with Gasteiger partial charge in [-0.3, -0.25) is 4.79 Å². The first-order valence-electron chi connectivity index (χ1n) is 10.4. The fraction of sp³-hybridized carbons (Fsp3) is 0.667. The number of morpholine rings is 1. The van der Waals surface area contributed by atoms with Crippen LogP contribution >= 0.6 is 0 Å². The Labute approximate surface area is 179 Å². The van der Waals surface area contributed by atoms with Gasteiger partial charge < -0.3 is 15.0 Å². The molecule has 1 fully saturated rings. The van der Waals surface area contributed by atoms with E-state index in [-0.39, 0.29) is 12.0 Å². The Hall–Kier alpha value is -1.71. The maximum atomic E-state index is 14.4. The molecule has 2 N–H and O–H groups in total. The summed E-state index contributed by atoms with van der Waals surface area (Å²) < 4.78 is 45.6. The highest BCUT2D eigenvalue weighted by Gasteiger charge is 2.32. The van der Waals surface area contributed by atoms with Gasteiger partial charge in [0.25, 0.3) is 0 Å². The van der Waals surface area contributed by atoms with Crippen LogP contribution in [-0.2, 0) is 19.6 Å². The normalized spacial score (nSPS) is 22.7. The van der Waals surface area contributed by atoms with Crippen LogP contribution in [0.2, 0.25) is 0 Å². The minimum atomic E-state index is -3.36. The highest BCUT2D eigenvalue weighted by atomic mass is 32.2. The number of halogens is 1. The predicted octanol–water partition coefficient (Wildman–Crippen LogP) is 3.42. The number of hydrogen-bond acceptors (Lipinski definition) is 5. The fourth-order valence-corrected chi connectivity index (χ4v) is 3.99. The highest BCUT2D eigenvalue weighted by molar-refractivity contribution is 7.90. The molecule has 1 heterocycles. The first-order chi connectivity index (χ1) is 13.9. The molecule has 0 aromatic heterocycles. The predicted molar refractivity (Wildman–Crippen MR) is 118 cm³/mol. The van der Waals surface area contributed by atoms with Crippen molar-refractivity contribution in [3.63, 3.8) is 0 Å². The van der Waals surface area contributed by atoms with E-state index in [1.54, 1.807) is 56.9 Å². The molecule has 1 aliphatic rings. The van der Waals surface area contributed by atoms with Crippen LogP contribution in [0.3, 0.4) is 0 Å². The number of carbonyl (C=O) groups excluding carboxylic acids is 1. The Kier molecular flexibility index (Phi) is 8.24. The van der Waals surface area contributed by atoms with Gasteiger partial charge in [0.2, 0.25) is 15.9 Å². The molecule has 1 saturated heterocycles. The largest absolute Gasteiger partial charge is 0.369 e. The van der Waals surface area contributed by atoms with Crippen LogP contribution in [-0.4, -0.2) is 50.7 Å². The number of carbonyl (C=O) groups is 1. The van der Waals surface area contributed by atoms with Crippen molar-refractivity contribution in [3.05, 3.63) is 24.3 Å². The molecule has 9 heteroatoms. The minimum Gasteiger partial charge on any atom is -0.369 e. The number of rotatable bonds is 8. The fourth-order valence-electron chi connectivity index (χ4n) is 3.15. The molecule has 7 nitrogen and oxygen atoms in total. The summed E-state index contributed by atoms with van der Waals surface area (Å²) in [6.45, 7) is 9.33. The van der Waals surface area contributed by atoms with E-state index >= 15 is 0 Å². The van der Waals surface area contributed by atoms with Crippen molar-refractivity contribution in [3.8, 4) is 0 Å². The maximum Gasteiger partial charge on any atom is 0.224 e. The Balaban J connectivity index is 1.77. The summed E-state index contributed by atoms with van der Waals surface area (Å²) in [6.07, 6.45) is -0.321. The second kappa shape index (κ2) is 10.1. The minimum absolute atomic E-state index is 0.0562. The average Bonchev–Trinajstić information content (AvgIpc) is 2.64. The smallest absolute Gasteiger partial charge is 0.224 e. The second-order valence-electron chi connectivity index (χ2n) is 8.74. The molecule has 0 bridgehead atoms. The molecular formula is C21H34FN3O4S. The molecule has 30 heavy (non-hydrogen) atoms. The molecule has 1 aromatic carbocycles. The molecule has 1 amide bonds. The number of amides is 1. The van der Waals surface area contributed by atoms with Crippen LogP contribution in [0.25, 0.3) is 0 Å². The standard InChI is InChI=1S/C21H34FN3O4S/c1-15-14-25(20(22)16(2)29-15)18-11-9-17(10-12-18)24-19(26)8-6-7-13-23-30(27,28)21(3,4)5/h9-12,15-16,20,23H,6-8,13-14H2,1-5H3,(H,24,26). The number of nitrogens with zero attached hydrogens (tertiary/aromatic N) is 1. The van der Waals surface area contributed by atoms with Crippen molar-refractivity contribution in [2.75, 3.05) is 23.3 Å². The number of ether oxygens (including phenoxy) is 1. The third kappa shape index (κ3) is 6.65. The second-order valence-corrected chi connectivity index (χ2v) is 11.3. The van der Waals surface area contributed by atoms with Crippen molar-refractivity contribution >= 4 is 27.3 Å². The van der Waals surface area contributed by atoms with Gasteiger partial charge in [0.05, 0.1) is 10.9 Å². The summed E-state index contributed by atoms with van der Waals surface area (Å²) in [4.78, 5) is 13.8. The molecule has 2 rings (SSSR count). The van der Waals surface area contributed by atoms with Crippen LogP contribution in [0.5, 0.6) is 0 Å². The number of alkyl halides is 1. The quantitative estimate of drug-likeness (QED) is 0.475. The van der Waals surface area contributed by atoms with Gasteiger partial charge in [-0.25, -0.2) is 17.5 Å². The number of hydrogen-bond donors (Lipinski definition) is 2. The van der Waals surface area contributed by atoms with Gasteiger partial charge in [-0.15, -0.1) is 0 Å². The first-order valence-corrected chi connectivity index (χ1v) is 11.8. The monoisotopic (exact) mass is 443 g/mol. The Morgan fingerprint density at radius 1 is 1.20 bits per heavy atom. The Morgan fingerprint density at radius 3 is 2.43 bits per heavy atom. The number of sulfonamides is 1. The van der Waals surface area contributed by atoms with E-state index in [0.29, 0.717) is 38.0 Å². The number of benzene rings is 1. The van der Waals surface area contributed by atoms with E-state index in [4.69, 9.17) is 4.74 Å². The van der Waals surface area contributed by atoms with E-state index in [2.05, 4.69) is 10.0 Å². The summed E-state index contributed by atoms with van der Waals surface area (Å²) in [5.74, 6) is -0.140. The van der Waals surface area contributed by atoms with Crippen LogP contribution in [0.15, 0.2) is 24.3 Å². The zero-order chi connectivity index (χ0) is 22.5. The lowest BCUT2D eigenvalue weighted by atomic mass is 10.1. The molecule has 0 radical (unpaired) electrons. The lowest BCUT2D eigenvalue weighted by Gasteiger charge is -2.39. The molecule has 0 aliphatic carbocycles. The van der Waals surface area contributed by atoms with Crippen LogP contribution in [0, 0.1) is 0 Å². The summed E-state index contributed by atoms with van der Waals surface area (Å²) in [5.41, 5.74) is 1.38. The van der Waals surface area contributed by atoms with Crippen molar-refractivity contribution in [2.45, 2.75) is 77.1 Å². The molecule has 3 unspecified atom stereocenters. The molecular weight excluding hydrogens is 409 g/mol. The number of anilines is 2. The van der Waals surface area contributed by atoms with Gasteiger partial charge in [-0.2, -0.15) is 0 Å². The molecule has 1 aliphatic heterocycles. The van der Waals surface area contributed by atoms with Gasteiger partial charge >= 0.3 is 0 Å². The molecule has 0 saturated carbocycles. The van der Waals surface area contributed by atoms with Gasteiger partial charge in [-0.05, 0) is 71.7 Å². The van der Waals surface area contributed by atoms with Crippen LogP contribution in [0.4, 0.5) is 15.8 Å². The van der Waals surface area contributed by atoms with Crippen molar-refractivity contribution < 1.29 is 22.3 Å². The van der Waals surface area contributed by atoms with Gasteiger partial charge in [0.1, 0.15) is 6.10 Å². The average molecular weight is 444 g/mol. The number of nitrogens with one attached hydrogen (secondary N) is 2. The van der Waals surface area contributed by atoms with Gasteiger partial charge in [0.15, 0.2) is 6.30 Å². The van der Waals surface area contributed by atoms with Crippen LogP contribution < -0.4 is 14.9 Å². The molecule has 3 atom stereocenters. The zero-order valence-electron chi connectivity index (χ0n) is 18.4. The van der Waals surface area contributed by atoms with Crippen LogP contribution in [0.1, 0.15) is 53.9 Å². The van der Waals surface area contributed by atoms with E-state index in [1.807, 2.05) is 6.92 Å². The molecule has 0 spiro atoms. The maximum absolute atomic E-state index is 14.4. The first kappa shape index (κ1) is 24.6. The van der Waals surface area contributed by atoms with E-state index < -0.39 is 27.2 Å². The number of unbranched alkanes of at least 4 members (excludes halogenated alkanes) is 1. The third-order valence-corrected chi connectivity index (χ3v) is 7.19. The van der Waals surface area contributed by atoms with Crippen molar-refractivity contribution in [1.82, 2.24) is 4.72 Å². The summed E-state index contributed by atoms with van der Waals surface area (Å²) >= 11 is 0. The third-order valence-electron chi connectivity index (χ3n) is 5.00. The summed E-state index contributed by atoms with van der Waals surface area (Å²) in [6, 6.07) is 7.08. The van der Waals surface area contributed by atoms with E-state index in [0.717, 1.165) is 5.69 Å². The van der Waals surface area contributed by atoms with Gasteiger partial charge in [0, 0.05) is 30.9 Å². The van der Waals surface area contributed by atoms with Crippen molar-refractivity contribution in [2.24, 2.45) is 0 Å². The zero-order valence-corrected chi connectivity index (χ0v) is 19.3.